The van der Waals surface area contributed by atoms with E-state index < -0.39 is 12.2 Å². The number of ether oxygens (including phenoxy) is 1. The molecule has 0 aromatic heterocycles. The first kappa shape index (κ1) is 12.8. The molecule has 2 heterocycles. The average Bonchev–Trinajstić information content (AvgIpc) is 2.80. The Hall–Kier alpha value is -1.26. The fourth-order valence-corrected chi connectivity index (χ4v) is 2.91. The quantitative estimate of drug-likeness (QED) is 0.851. The Kier molecular flexibility index (Phi) is 3.37. The van der Waals surface area contributed by atoms with Crippen molar-refractivity contribution in [2.45, 2.75) is 31.5 Å². The van der Waals surface area contributed by atoms with Gasteiger partial charge in [0.1, 0.15) is 5.75 Å². The number of β-amino-alcohol motifs (C(OH)–C–C–N with tert-alkyl or cyclic N) is 1. The van der Waals surface area contributed by atoms with Crippen LogP contribution in [0.2, 0.25) is 5.02 Å². The van der Waals surface area contributed by atoms with Gasteiger partial charge in [0, 0.05) is 24.5 Å². The monoisotopic (exact) mass is 281 g/mol. The number of hydrogen-bond donors (Lipinski definition) is 1. The maximum Gasteiger partial charge on any atom is 0.264 e. The lowest BCUT2D eigenvalue weighted by Crippen LogP contribution is -2.47. The second-order valence-corrected chi connectivity index (χ2v) is 5.58. The smallest absolute Gasteiger partial charge is 0.264 e. The molecule has 3 rings (SSSR count). The van der Waals surface area contributed by atoms with Crippen LogP contribution in [0.4, 0.5) is 0 Å². The molecule has 0 aliphatic carbocycles. The van der Waals surface area contributed by atoms with Gasteiger partial charge in [0.05, 0.1) is 6.10 Å². The SMILES string of the molecule is O=C(C1Cc2cc(Cl)ccc2O1)N1CCCC(O)C1. The minimum Gasteiger partial charge on any atom is -0.480 e. The van der Waals surface area contributed by atoms with Crippen LogP contribution in [0.1, 0.15) is 18.4 Å². The first-order valence-corrected chi connectivity index (χ1v) is 6.93. The van der Waals surface area contributed by atoms with Crippen LogP contribution in [-0.4, -0.2) is 41.2 Å². The van der Waals surface area contributed by atoms with Crippen LogP contribution in [0.3, 0.4) is 0 Å². The molecule has 2 aliphatic heterocycles. The number of carbonyl (C=O) groups is 1. The minimum absolute atomic E-state index is 0.0360. The third kappa shape index (κ3) is 2.55. The Morgan fingerprint density at radius 1 is 1.47 bits per heavy atom. The van der Waals surface area contributed by atoms with Crippen molar-refractivity contribution < 1.29 is 14.6 Å². The number of hydrogen-bond acceptors (Lipinski definition) is 3. The van der Waals surface area contributed by atoms with Crippen molar-refractivity contribution >= 4 is 17.5 Å². The molecule has 19 heavy (non-hydrogen) atoms. The molecule has 4 nitrogen and oxygen atoms in total. The Bertz CT molecular complexity index is 505. The summed E-state index contributed by atoms with van der Waals surface area (Å²) in [6.07, 6.45) is 1.29. The van der Waals surface area contributed by atoms with E-state index in [0.717, 1.165) is 24.2 Å². The zero-order valence-electron chi connectivity index (χ0n) is 10.5. The lowest BCUT2D eigenvalue weighted by molar-refractivity contribution is -0.141. The minimum atomic E-state index is -0.473. The number of benzene rings is 1. The second-order valence-electron chi connectivity index (χ2n) is 5.14. The zero-order valence-corrected chi connectivity index (χ0v) is 11.3. The Labute approximate surface area is 116 Å². The number of amides is 1. The van der Waals surface area contributed by atoms with Gasteiger partial charge < -0.3 is 14.7 Å². The van der Waals surface area contributed by atoms with E-state index in [1.165, 1.54) is 0 Å². The maximum absolute atomic E-state index is 12.4. The van der Waals surface area contributed by atoms with Crippen LogP contribution in [0.15, 0.2) is 18.2 Å². The second kappa shape index (κ2) is 5.02. The molecule has 0 spiro atoms. The van der Waals surface area contributed by atoms with Crippen molar-refractivity contribution in [3.8, 4) is 5.75 Å². The highest BCUT2D eigenvalue weighted by atomic mass is 35.5. The topological polar surface area (TPSA) is 49.8 Å². The molecule has 0 saturated carbocycles. The van der Waals surface area contributed by atoms with E-state index in [4.69, 9.17) is 16.3 Å². The van der Waals surface area contributed by atoms with Gasteiger partial charge in [0.25, 0.3) is 5.91 Å². The molecular weight excluding hydrogens is 266 g/mol. The summed E-state index contributed by atoms with van der Waals surface area (Å²) in [7, 11) is 0. The predicted octanol–water partition coefficient (Wildman–Crippen LogP) is 1.63. The fourth-order valence-electron chi connectivity index (χ4n) is 2.71. The third-order valence-electron chi connectivity index (χ3n) is 3.68. The molecule has 0 radical (unpaired) electrons. The molecule has 2 unspecified atom stereocenters. The number of rotatable bonds is 1. The van der Waals surface area contributed by atoms with E-state index in [1.54, 1.807) is 17.0 Å². The van der Waals surface area contributed by atoms with Crippen LogP contribution >= 0.6 is 11.6 Å². The molecule has 1 saturated heterocycles. The van der Waals surface area contributed by atoms with Gasteiger partial charge in [0.15, 0.2) is 6.10 Å². The summed E-state index contributed by atoms with van der Waals surface area (Å²) in [5.74, 6) is 0.700. The largest absolute Gasteiger partial charge is 0.480 e. The van der Waals surface area contributed by atoms with Gasteiger partial charge in [-0.15, -0.1) is 0 Å². The van der Waals surface area contributed by atoms with Crippen molar-refractivity contribution in [3.63, 3.8) is 0 Å². The molecule has 2 aliphatic rings. The van der Waals surface area contributed by atoms with Crippen LogP contribution in [0.5, 0.6) is 5.75 Å². The lowest BCUT2D eigenvalue weighted by Gasteiger charge is -2.31. The van der Waals surface area contributed by atoms with Gasteiger partial charge in [-0.1, -0.05) is 11.6 Å². The molecular formula is C14H16ClNO3. The van der Waals surface area contributed by atoms with E-state index >= 15 is 0 Å². The van der Waals surface area contributed by atoms with E-state index in [1.807, 2.05) is 6.07 Å². The Morgan fingerprint density at radius 3 is 3.11 bits per heavy atom. The summed E-state index contributed by atoms with van der Waals surface area (Å²) in [6.45, 7) is 1.11. The fraction of sp³-hybridized carbons (Fsp3) is 0.500. The lowest BCUT2D eigenvalue weighted by atomic mass is 10.1. The molecule has 1 aromatic carbocycles. The molecule has 1 amide bonds. The summed E-state index contributed by atoms with van der Waals surface area (Å²) in [4.78, 5) is 14.1. The van der Waals surface area contributed by atoms with Crippen molar-refractivity contribution in [3.05, 3.63) is 28.8 Å². The Morgan fingerprint density at radius 2 is 2.32 bits per heavy atom. The number of carbonyl (C=O) groups excluding carboxylic acids is 1. The number of fused-ring (bicyclic) bond motifs is 1. The van der Waals surface area contributed by atoms with Crippen molar-refractivity contribution in [2.75, 3.05) is 13.1 Å². The molecule has 2 atom stereocenters. The van der Waals surface area contributed by atoms with Gasteiger partial charge in [-0.25, -0.2) is 0 Å². The Balaban J connectivity index is 1.70. The highest BCUT2D eigenvalue weighted by Gasteiger charge is 2.34. The number of halogens is 1. The van der Waals surface area contributed by atoms with Crippen molar-refractivity contribution in [1.29, 1.82) is 0 Å². The first-order chi connectivity index (χ1) is 9.13. The molecule has 0 bridgehead atoms. The van der Waals surface area contributed by atoms with E-state index in [0.29, 0.717) is 24.5 Å². The predicted molar refractivity (Wildman–Crippen MR) is 71.4 cm³/mol. The van der Waals surface area contributed by atoms with Gasteiger partial charge >= 0.3 is 0 Å². The van der Waals surface area contributed by atoms with Gasteiger partial charge in [-0.05, 0) is 36.6 Å². The molecule has 1 N–H and O–H groups in total. The van der Waals surface area contributed by atoms with E-state index in [2.05, 4.69) is 0 Å². The van der Waals surface area contributed by atoms with Crippen LogP contribution in [0, 0.1) is 0 Å². The van der Waals surface area contributed by atoms with E-state index in [-0.39, 0.29) is 5.91 Å². The molecule has 102 valence electrons. The van der Waals surface area contributed by atoms with Crippen LogP contribution < -0.4 is 4.74 Å². The number of aliphatic hydroxyl groups is 1. The summed E-state index contributed by atoms with van der Waals surface area (Å²) in [6, 6.07) is 5.41. The van der Waals surface area contributed by atoms with Crippen LogP contribution in [0.25, 0.3) is 0 Å². The normalized spacial score (nSPS) is 25.9. The molecule has 1 aromatic rings. The average molecular weight is 282 g/mol. The highest BCUT2D eigenvalue weighted by Crippen LogP contribution is 2.32. The number of aliphatic hydroxyl groups excluding tert-OH is 1. The summed E-state index contributed by atoms with van der Waals surface area (Å²) in [5.41, 5.74) is 0.975. The molecule has 5 heteroatoms. The number of nitrogens with zero attached hydrogens (tertiary/aromatic N) is 1. The summed E-state index contributed by atoms with van der Waals surface area (Å²) >= 11 is 5.93. The third-order valence-corrected chi connectivity index (χ3v) is 3.92. The summed E-state index contributed by atoms with van der Waals surface area (Å²) < 4.78 is 5.68. The standard InChI is InChI=1S/C14H16ClNO3/c15-10-3-4-12-9(6-10)7-13(19-12)14(18)16-5-1-2-11(17)8-16/h3-4,6,11,13,17H,1-2,5,7-8H2. The van der Waals surface area contributed by atoms with Crippen LogP contribution in [-0.2, 0) is 11.2 Å². The zero-order chi connectivity index (χ0) is 13.4. The molecule has 1 fully saturated rings. The van der Waals surface area contributed by atoms with Gasteiger partial charge in [-0.3, -0.25) is 4.79 Å². The number of likely N-dealkylation sites (tertiary alicyclic amines) is 1. The van der Waals surface area contributed by atoms with Gasteiger partial charge in [-0.2, -0.15) is 0 Å². The maximum atomic E-state index is 12.4. The highest BCUT2D eigenvalue weighted by molar-refractivity contribution is 6.30. The van der Waals surface area contributed by atoms with Gasteiger partial charge in [0.2, 0.25) is 0 Å². The van der Waals surface area contributed by atoms with Crippen molar-refractivity contribution in [1.82, 2.24) is 4.90 Å². The first-order valence-electron chi connectivity index (χ1n) is 6.55. The summed E-state index contributed by atoms with van der Waals surface area (Å²) in [5, 5.41) is 10.3. The number of piperidine rings is 1. The van der Waals surface area contributed by atoms with Crippen molar-refractivity contribution in [2.24, 2.45) is 0 Å². The van der Waals surface area contributed by atoms with E-state index in [9.17, 15) is 9.90 Å².